The van der Waals surface area contributed by atoms with Crippen molar-refractivity contribution in [2.45, 2.75) is 37.6 Å². The predicted molar refractivity (Wildman–Crippen MR) is 88.8 cm³/mol. The van der Waals surface area contributed by atoms with Crippen molar-refractivity contribution in [1.82, 2.24) is 4.90 Å². The number of carbonyl (C=O) groups is 1. The summed E-state index contributed by atoms with van der Waals surface area (Å²) in [5, 5.41) is 0. The molecule has 1 aromatic carbocycles. The van der Waals surface area contributed by atoms with Crippen LogP contribution in [0, 0.1) is 5.92 Å². The lowest BCUT2D eigenvalue weighted by molar-refractivity contribution is -0.134. The van der Waals surface area contributed by atoms with Crippen LogP contribution in [-0.4, -0.2) is 44.2 Å². The first-order valence-corrected chi connectivity index (χ1v) is 8.38. The predicted octanol–water partition coefficient (Wildman–Crippen LogP) is 2.15. The van der Waals surface area contributed by atoms with E-state index in [1.165, 1.54) is 5.56 Å². The molecule has 1 heterocycles. The summed E-state index contributed by atoms with van der Waals surface area (Å²) >= 11 is 0. The van der Waals surface area contributed by atoms with Crippen molar-refractivity contribution in [3.05, 3.63) is 23.8 Å². The number of carbonyl (C=O) groups excluding carboxylic acids is 1. The molecule has 5 heteroatoms. The normalized spacial score (nSPS) is 27.3. The summed E-state index contributed by atoms with van der Waals surface area (Å²) in [6, 6.07) is 6.17. The smallest absolute Gasteiger partial charge is 0.225 e. The molecule has 2 fully saturated rings. The zero-order valence-electron chi connectivity index (χ0n) is 14.0. The third-order valence-corrected chi connectivity index (χ3v) is 5.17. The minimum absolute atomic E-state index is 0.128. The molecule has 23 heavy (non-hydrogen) atoms. The van der Waals surface area contributed by atoms with Crippen molar-refractivity contribution < 1.29 is 14.3 Å². The Labute approximate surface area is 137 Å². The van der Waals surface area contributed by atoms with E-state index < -0.39 is 0 Å². The van der Waals surface area contributed by atoms with Gasteiger partial charge in [0.25, 0.3) is 0 Å². The van der Waals surface area contributed by atoms with Gasteiger partial charge >= 0.3 is 0 Å². The van der Waals surface area contributed by atoms with E-state index in [2.05, 4.69) is 0 Å². The van der Waals surface area contributed by atoms with Gasteiger partial charge in [-0.3, -0.25) is 4.79 Å². The lowest BCUT2D eigenvalue weighted by Crippen LogP contribution is -2.34. The van der Waals surface area contributed by atoms with Crippen LogP contribution in [0.3, 0.4) is 0 Å². The van der Waals surface area contributed by atoms with Gasteiger partial charge in [-0.05, 0) is 43.4 Å². The van der Waals surface area contributed by atoms with Crippen LogP contribution in [0.25, 0.3) is 0 Å². The van der Waals surface area contributed by atoms with Gasteiger partial charge < -0.3 is 20.1 Å². The summed E-state index contributed by atoms with van der Waals surface area (Å²) in [4.78, 5) is 14.7. The average molecular weight is 318 g/mol. The molecule has 1 aromatic rings. The van der Waals surface area contributed by atoms with Gasteiger partial charge in [0.2, 0.25) is 5.91 Å². The molecule has 0 radical (unpaired) electrons. The Morgan fingerprint density at radius 2 is 1.83 bits per heavy atom. The van der Waals surface area contributed by atoms with Crippen LogP contribution in [0.5, 0.6) is 11.5 Å². The third-order valence-electron chi connectivity index (χ3n) is 5.17. The van der Waals surface area contributed by atoms with Gasteiger partial charge in [0.1, 0.15) is 11.5 Å². The van der Waals surface area contributed by atoms with Crippen LogP contribution >= 0.6 is 0 Å². The maximum atomic E-state index is 12.6. The fourth-order valence-corrected chi connectivity index (χ4v) is 3.80. The van der Waals surface area contributed by atoms with Gasteiger partial charge in [-0.25, -0.2) is 0 Å². The summed E-state index contributed by atoms with van der Waals surface area (Å²) in [6.07, 6.45) is 3.74. The highest BCUT2D eigenvalue weighted by Crippen LogP contribution is 2.35. The Morgan fingerprint density at radius 3 is 2.39 bits per heavy atom. The molecule has 3 atom stereocenters. The highest BCUT2D eigenvalue weighted by atomic mass is 16.5. The van der Waals surface area contributed by atoms with Gasteiger partial charge in [0.15, 0.2) is 0 Å². The molecule has 3 rings (SSSR count). The van der Waals surface area contributed by atoms with E-state index in [0.717, 1.165) is 50.3 Å². The Kier molecular flexibility index (Phi) is 4.76. The van der Waals surface area contributed by atoms with Crippen LogP contribution in [0.1, 0.15) is 37.2 Å². The number of hydrogen-bond acceptors (Lipinski definition) is 4. The summed E-state index contributed by atoms with van der Waals surface area (Å²) in [5.41, 5.74) is 7.13. The monoisotopic (exact) mass is 318 g/mol. The fraction of sp³-hybridized carbons (Fsp3) is 0.611. The molecule has 2 aliphatic rings. The Bertz CT molecular complexity index is 553. The molecule has 1 amide bonds. The summed E-state index contributed by atoms with van der Waals surface area (Å²) < 4.78 is 10.7. The average Bonchev–Trinajstić information content (AvgIpc) is 3.22. The molecule has 1 aliphatic carbocycles. The van der Waals surface area contributed by atoms with Gasteiger partial charge in [-0.2, -0.15) is 0 Å². The Balaban J connectivity index is 1.68. The molecule has 0 spiro atoms. The molecular weight excluding hydrogens is 292 g/mol. The van der Waals surface area contributed by atoms with Crippen LogP contribution in [0.15, 0.2) is 18.2 Å². The number of amides is 1. The molecule has 2 N–H and O–H groups in total. The first kappa shape index (κ1) is 16.1. The molecule has 1 saturated heterocycles. The number of hydrogen-bond donors (Lipinski definition) is 1. The van der Waals surface area contributed by atoms with E-state index >= 15 is 0 Å². The molecule has 1 saturated carbocycles. The number of ether oxygens (including phenoxy) is 2. The first-order chi connectivity index (χ1) is 11.1. The summed E-state index contributed by atoms with van der Waals surface area (Å²) in [6.45, 7) is 1.61. The molecule has 0 aromatic heterocycles. The number of methoxy groups -OCH3 is 2. The maximum Gasteiger partial charge on any atom is 0.225 e. The lowest BCUT2D eigenvalue weighted by Gasteiger charge is -2.21. The molecular formula is C18H26N2O3. The van der Waals surface area contributed by atoms with Gasteiger partial charge in [0.05, 0.1) is 14.2 Å². The fourth-order valence-electron chi connectivity index (χ4n) is 3.80. The van der Waals surface area contributed by atoms with E-state index in [9.17, 15) is 4.79 Å². The molecule has 126 valence electrons. The second kappa shape index (κ2) is 6.79. The van der Waals surface area contributed by atoms with Gasteiger partial charge in [-0.1, -0.05) is 0 Å². The van der Waals surface area contributed by atoms with Crippen LogP contribution in [0.2, 0.25) is 0 Å². The minimum atomic E-state index is 0.128. The quantitative estimate of drug-likeness (QED) is 0.924. The van der Waals surface area contributed by atoms with E-state index in [-0.39, 0.29) is 17.9 Å². The second-order valence-electron chi connectivity index (χ2n) is 6.69. The van der Waals surface area contributed by atoms with Crippen LogP contribution in [-0.2, 0) is 4.79 Å². The number of nitrogens with two attached hydrogens (primary N) is 1. The Morgan fingerprint density at radius 1 is 1.13 bits per heavy atom. The van der Waals surface area contributed by atoms with Gasteiger partial charge in [0, 0.05) is 37.0 Å². The molecule has 0 bridgehead atoms. The lowest BCUT2D eigenvalue weighted by atomic mass is 9.98. The van der Waals surface area contributed by atoms with E-state index in [1.807, 2.05) is 23.1 Å². The molecule has 1 aliphatic heterocycles. The summed E-state index contributed by atoms with van der Waals surface area (Å²) in [5.74, 6) is 2.36. The van der Waals surface area contributed by atoms with Crippen molar-refractivity contribution in [3.8, 4) is 11.5 Å². The van der Waals surface area contributed by atoms with Crippen LogP contribution < -0.4 is 15.2 Å². The topological polar surface area (TPSA) is 64.8 Å². The van der Waals surface area contributed by atoms with Crippen molar-refractivity contribution >= 4 is 5.91 Å². The largest absolute Gasteiger partial charge is 0.497 e. The number of rotatable bonds is 4. The highest BCUT2D eigenvalue weighted by Gasteiger charge is 2.35. The number of likely N-dealkylation sites (tertiary alicyclic amines) is 1. The number of nitrogens with zero attached hydrogens (tertiary/aromatic N) is 1. The maximum absolute atomic E-state index is 12.6. The third kappa shape index (κ3) is 3.44. The molecule has 5 nitrogen and oxygen atoms in total. The standard InChI is InChI=1S/C18H26N2O3/c1-22-16-8-14(9-17(10-16)23-2)13-5-6-20(11-13)18(21)12-3-4-15(19)7-12/h8-10,12-13,15H,3-7,11,19H2,1-2H3. The van der Waals surface area contributed by atoms with Crippen LogP contribution in [0.4, 0.5) is 0 Å². The highest BCUT2D eigenvalue weighted by molar-refractivity contribution is 5.79. The SMILES string of the molecule is COc1cc(OC)cc(C2CCN(C(=O)C3CCC(N)C3)C2)c1. The van der Waals surface area contributed by atoms with Gasteiger partial charge in [-0.15, -0.1) is 0 Å². The van der Waals surface area contributed by atoms with E-state index in [4.69, 9.17) is 15.2 Å². The second-order valence-corrected chi connectivity index (χ2v) is 6.69. The number of benzene rings is 1. The van der Waals surface area contributed by atoms with Crippen molar-refractivity contribution in [2.24, 2.45) is 11.7 Å². The van der Waals surface area contributed by atoms with Crippen molar-refractivity contribution in [1.29, 1.82) is 0 Å². The zero-order valence-corrected chi connectivity index (χ0v) is 14.0. The zero-order chi connectivity index (χ0) is 16.4. The Hall–Kier alpha value is -1.75. The van der Waals surface area contributed by atoms with E-state index in [0.29, 0.717) is 5.92 Å². The van der Waals surface area contributed by atoms with Crippen molar-refractivity contribution in [2.75, 3.05) is 27.3 Å². The van der Waals surface area contributed by atoms with E-state index in [1.54, 1.807) is 14.2 Å². The molecule has 3 unspecified atom stereocenters. The van der Waals surface area contributed by atoms with Crippen molar-refractivity contribution in [3.63, 3.8) is 0 Å². The minimum Gasteiger partial charge on any atom is -0.497 e. The summed E-state index contributed by atoms with van der Waals surface area (Å²) in [7, 11) is 3.32. The first-order valence-electron chi connectivity index (χ1n) is 8.38.